The lowest BCUT2D eigenvalue weighted by Gasteiger charge is -2.12. The van der Waals surface area contributed by atoms with Gasteiger partial charge >= 0.3 is 0 Å². The highest BCUT2D eigenvalue weighted by atomic mass is 79.9. The summed E-state index contributed by atoms with van der Waals surface area (Å²) in [5, 5.41) is 3.13. The van der Waals surface area contributed by atoms with Gasteiger partial charge in [0.1, 0.15) is 11.4 Å². The van der Waals surface area contributed by atoms with Gasteiger partial charge in [-0.15, -0.1) is 6.58 Å². The molecule has 29 heavy (non-hydrogen) atoms. The molecule has 0 spiro atoms. The Morgan fingerprint density at radius 2 is 1.86 bits per heavy atom. The Morgan fingerprint density at radius 1 is 1.14 bits per heavy atom. The summed E-state index contributed by atoms with van der Waals surface area (Å²) >= 11 is 3.42. The zero-order valence-electron chi connectivity index (χ0n) is 16.4. The standard InChI is InChI=1S/C23H23BrN2O3/c1-4-12-26-22(27)20(16-8-10-19(11-9-16)29-14-15(2)3)21(23(26)28)25-18-7-5-6-17(24)13-18/h4-11,13,15,25H,1,12,14H2,2-3H3. The fourth-order valence-electron chi connectivity index (χ4n) is 2.95. The number of nitrogens with one attached hydrogen (secondary N) is 1. The highest BCUT2D eigenvalue weighted by Crippen LogP contribution is 2.32. The number of hydrogen-bond acceptors (Lipinski definition) is 4. The number of benzene rings is 2. The minimum Gasteiger partial charge on any atom is -0.493 e. The highest BCUT2D eigenvalue weighted by Gasteiger charge is 2.38. The van der Waals surface area contributed by atoms with Gasteiger partial charge in [0, 0.05) is 16.7 Å². The third kappa shape index (κ3) is 4.77. The number of hydrogen-bond donors (Lipinski definition) is 1. The number of imide groups is 1. The molecule has 6 heteroatoms. The second-order valence-electron chi connectivity index (χ2n) is 7.12. The van der Waals surface area contributed by atoms with Gasteiger partial charge in [0.2, 0.25) is 0 Å². The molecule has 1 heterocycles. The normalized spacial score (nSPS) is 14.0. The predicted octanol–water partition coefficient (Wildman–Crippen LogP) is 4.86. The van der Waals surface area contributed by atoms with Crippen LogP contribution in [0.2, 0.25) is 0 Å². The summed E-state index contributed by atoms with van der Waals surface area (Å²) in [6, 6.07) is 14.7. The minimum atomic E-state index is -0.370. The Kier molecular flexibility index (Phi) is 6.54. The van der Waals surface area contributed by atoms with E-state index in [-0.39, 0.29) is 24.1 Å². The Hall–Kier alpha value is -2.86. The summed E-state index contributed by atoms with van der Waals surface area (Å²) in [7, 11) is 0. The molecule has 0 aromatic heterocycles. The van der Waals surface area contributed by atoms with Crippen LogP contribution in [0.3, 0.4) is 0 Å². The van der Waals surface area contributed by atoms with Crippen LogP contribution in [0.1, 0.15) is 19.4 Å². The first-order valence-electron chi connectivity index (χ1n) is 9.38. The SMILES string of the molecule is C=CCN1C(=O)C(Nc2cccc(Br)c2)=C(c2ccc(OCC(C)C)cc2)C1=O. The van der Waals surface area contributed by atoms with Crippen LogP contribution in [-0.4, -0.2) is 29.9 Å². The van der Waals surface area contributed by atoms with Gasteiger partial charge in [0.05, 0.1) is 12.2 Å². The van der Waals surface area contributed by atoms with Gasteiger partial charge in [0.15, 0.2) is 0 Å². The monoisotopic (exact) mass is 454 g/mol. The largest absolute Gasteiger partial charge is 0.493 e. The first-order valence-corrected chi connectivity index (χ1v) is 10.2. The van der Waals surface area contributed by atoms with Gasteiger partial charge in [-0.2, -0.15) is 0 Å². The van der Waals surface area contributed by atoms with Crippen LogP contribution in [0.4, 0.5) is 5.69 Å². The number of anilines is 1. The van der Waals surface area contributed by atoms with E-state index in [9.17, 15) is 9.59 Å². The molecule has 2 aromatic carbocycles. The maximum atomic E-state index is 13.0. The summed E-state index contributed by atoms with van der Waals surface area (Å²) in [5.74, 6) is 0.428. The Labute approximate surface area is 179 Å². The number of amides is 2. The molecule has 0 radical (unpaired) electrons. The van der Waals surface area contributed by atoms with Crippen molar-refractivity contribution < 1.29 is 14.3 Å². The summed E-state index contributed by atoms with van der Waals surface area (Å²) in [6.45, 7) is 8.58. The van der Waals surface area contributed by atoms with Crippen LogP contribution in [0, 0.1) is 5.92 Å². The number of carbonyl (C=O) groups excluding carboxylic acids is 2. The molecule has 3 rings (SSSR count). The van der Waals surface area contributed by atoms with E-state index < -0.39 is 0 Å². The Balaban J connectivity index is 1.97. The second kappa shape index (κ2) is 9.09. The topological polar surface area (TPSA) is 58.6 Å². The predicted molar refractivity (Wildman–Crippen MR) is 118 cm³/mol. The van der Waals surface area contributed by atoms with Gasteiger partial charge in [0.25, 0.3) is 11.8 Å². The van der Waals surface area contributed by atoms with E-state index in [0.717, 1.165) is 10.2 Å². The molecule has 1 aliphatic rings. The zero-order valence-corrected chi connectivity index (χ0v) is 18.0. The van der Waals surface area contributed by atoms with Crippen LogP contribution in [-0.2, 0) is 9.59 Å². The molecule has 2 aromatic rings. The summed E-state index contributed by atoms with van der Waals surface area (Å²) in [6.07, 6.45) is 1.54. The van der Waals surface area contributed by atoms with Crippen molar-refractivity contribution in [1.29, 1.82) is 0 Å². The van der Waals surface area contributed by atoms with Gasteiger partial charge in [-0.25, -0.2) is 0 Å². The number of ether oxygens (including phenoxy) is 1. The molecule has 1 aliphatic heterocycles. The lowest BCUT2D eigenvalue weighted by Crippen LogP contribution is -2.32. The number of nitrogens with zero attached hydrogens (tertiary/aromatic N) is 1. The molecule has 0 saturated heterocycles. The van der Waals surface area contributed by atoms with Gasteiger partial charge in [-0.1, -0.05) is 54.1 Å². The van der Waals surface area contributed by atoms with E-state index in [2.05, 4.69) is 41.7 Å². The summed E-state index contributed by atoms with van der Waals surface area (Å²) in [4.78, 5) is 27.1. The molecule has 0 saturated carbocycles. The molecule has 1 N–H and O–H groups in total. The van der Waals surface area contributed by atoms with Gasteiger partial charge in [-0.3, -0.25) is 14.5 Å². The molecule has 0 unspecified atom stereocenters. The fraction of sp³-hybridized carbons (Fsp3) is 0.217. The van der Waals surface area contributed by atoms with E-state index in [1.165, 1.54) is 11.0 Å². The lowest BCUT2D eigenvalue weighted by atomic mass is 10.0. The zero-order chi connectivity index (χ0) is 21.0. The maximum Gasteiger partial charge on any atom is 0.278 e. The van der Waals surface area contributed by atoms with Gasteiger partial charge < -0.3 is 10.1 Å². The van der Waals surface area contributed by atoms with E-state index >= 15 is 0 Å². The van der Waals surface area contributed by atoms with Crippen molar-refractivity contribution in [2.45, 2.75) is 13.8 Å². The molecule has 0 fully saturated rings. The minimum absolute atomic E-state index is 0.153. The van der Waals surface area contributed by atoms with Crippen molar-refractivity contribution in [3.05, 3.63) is 76.9 Å². The van der Waals surface area contributed by atoms with Crippen LogP contribution >= 0.6 is 15.9 Å². The van der Waals surface area contributed by atoms with Crippen LogP contribution in [0.15, 0.2) is 71.4 Å². The van der Waals surface area contributed by atoms with Gasteiger partial charge in [-0.05, 0) is 41.8 Å². The van der Waals surface area contributed by atoms with Crippen molar-refractivity contribution in [2.24, 2.45) is 5.92 Å². The fourth-order valence-corrected chi connectivity index (χ4v) is 3.35. The van der Waals surface area contributed by atoms with E-state index in [1.807, 2.05) is 36.4 Å². The van der Waals surface area contributed by atoms with E-state index in [1.54, 1.807) is 12.1 Å². The number of carbonyl (C=O) groups is 2. The van der Waals surface area contributed by atoms with Crippen LogP contribution in [0.5, 0.6) is 5.75 Å². The molecule has 150 valence electrons. The first-order chi connectivity index (χ1) is 13.9. The summed E-state index contributed by atoms with van der Waals surface area (Å²) < 4.78 is 6.59. The average Bonchev–Trinajstić information content (AvgIpc) is 2.91. The third-order valence-corrected chi connectivity index (χ3v) is 4.79. The second-order valence-corrected chi connectivity index (χ2v) is 8.04. The molecule has 0 bridgehead atoms. The maximum absolute atomic E-state index is 13.0. The highest BCUT2D eigenvalue weighted by molar-refractivity contribution is 9.10. The quantitative estimate of drug-likeness (QED) is 0.456. The van der Waals surface area contributed by atoms with Crippen LogP contribution in [0.25, 0.3) is 5.57 Å². The Morgan fingerprint density at radius 3 is 2.48 bits per heavy atom. The van der Waals surface area contributed by atoms with Crippen molar-refractivity contribution in [2.75, 3.05) is 18.5 Å². The molecular weight excluding hydrogens is 432 g/mol. The molecule has 5 nitrogen and oxygen atoms in total. The van der Waals surface area contributed by atoms with Crippen molar-refractivity contribution in [3.8, 4) is 5.75 Å². The number of rotatable bonds is 8. The van der Waals surface area contributed by atoms with E-state index in [4.69, 9.17) is 4.74 Å². The average molecular weight is 455 g/mol. The molecule has 0 atom stereocenters. The lowest BCUT2D eigenvalue weighted by molar-refractivity contribution is -0.136. The summed E-state index contributed by atoms with van der Waals surface area (Å²) in [5.41, 5.74) is 1.97. The van der Waals surface area contributed by atoms with Crippen molar-refractivity contribution in [1.82, 2.24) is 4.90 Å². The first kappa shape index (κ1) is 20.9. The molecular formula is C23H23BrN2O3. The number of halogens is 1. The van der Waals surface area contributed by atoms with Crippen LogP contribution < -0.4 is 10.1 Å². The Bertz CT molecular complexity index is 964. The smallest absolute Gasteiger partial charge is 0.278 e. The third-order valence-electron chi connectivity index (χ3n) is 4.30. The molecule has 2 amide bonds. The van der Waals surface area contributed by atoms with E-state index in [0.29, 0.717) is 29.3 Å². The van der Waals surface area contributed by atoms with Crippen molar-refractivity contribution in [3.63, 3.8) is 0 Å². The molecule has 0 aliphatic carbocycles. The van der Waals surface area contributed by atoms with Crippen molar-refractivity contribution >= 4 is 39.0 Å².